The van der Waals surface area contributed by atoms with Crippen molar-refractivity contribution in [1.29, 1.82) is 0 Å². The number of aromatic nitrogens is 2. The molecule has 0 aliphatic carbocycles. The van der Waals surface area contributed by atoms with Crippen LogP contribution in [0.5, 0.6) is 0 Å². The van der Waals surface area contributed by atoms with Crippen molar-refractivity contribution < 1.29 is 27.9 Å². The molecule has 2 heterocycles. The molecule has 0 aliphatic rings. The van der Waals surface area contributed by atoms with Gasteiger partial charge >= 0.3 is 12.1 Å². The maximum absolute atomic E-state index is 12.9. The lowest BCUT2D eigenvalue weighted by Gasteiger charge is -2.14. The summed E-state index contributed by atoms with van der Waals surface area (Å²) >= 11 is 0.859. The highest BCUT2D eigenvalue weighted by atomic mass is 32.1. The van der Waals surface area contributed by atoms with Crippen molar-refractivity contribution in [2.24, 2.45) is 0 Å². The zero-order valence-electron chi connectivity index (χ0n) is 12.5. The molecule has 2 aromatic rings. The first-order valence-corrected chi connectivity index (χ1v) is 7.46. The zero-order chi connectivity index (χ0) is 18.1. The molecule has 6 nitrogen and oxygen atoms in total. The van der Waals surface area contributed by atoms with Crippen molar-refractivity contribution in [3.8, 4) is 0 Å². The smallest absolute Gasteiger partial charge is 0.434 e. The number of carboxylic acid groups (broad SMARTS) is 1. The van der Waals surface area contributed by atoms with Gasteiger partial charge in [0.25, 0.3) is 5.91 Å². The van der Waals surface area contributed by atoms with Gasteiger partial charge in [0.1, 0.15) is 9.88 Å². The fraction of sp³-hybridized carbons (Fsp3) is 0.286. The van der Waals surface area contributed by atoms with Crippen LogP contribution in [0, 0.1) is 6.92 Å². The zero-order valence-corrected chi connectivity index (χ0v) is 13.3. The van der Waals surface area contributed by atoms with Crippen LogP contribution in [0.4, 0.5) is 13.2 Å². The highest BCUT2D eigenvalue weighted by molar-refractivity contribution is 7.13. The molecule has 0 radical (unpaired) electrons. The van der Waals surface area contributed by atoms with E-state index in [4.69, 9.17) is 5.11 Å². The second-order valence-electron chi connectivity index (χ2n) is 4.86. The van der Waals surface area contributed by atoms with Gasteiger partial charge in [-0.1, -0.05) is 0 Å². The summed E-state index contributed by atoms with van der Waals surface area (Å²) in [5.74, 6) is -2.12. The predicted molar refractivity (Wildman–Crippen MR) is 78.9 cm³/mol. The molecule has 0 aliphatic heterocycles. The Bertz CT molecular complexity index is 789. The molecule has 0 saturated carbocycles. The maximum atomic E-state index is 12.9. The number of rotatable bonds is 4. The number of thiazole rings is 1. The lowest BCUT2D eigenvalue weighted by atomic mass is 10.1. The van der Waals surface area contributed by atoms with Crippen molar-refractivity contribution in [2.75, 3.05) is 0 Å². The van der Waals surface area contributed by atoms with E-state index >= 15 is 0 Å². The standard InChI is InChI=1S/C14H12F3N3O3S/c1-6-9(13(22)23)24-12(20-6)7(2)19-11(21)8-4-3-5-18-10(8)14(15,16)17/h3-5,7H,1-2H3,(H,19,21)(H,22,23). The minimum absolute atomic E-state index is 0.0171. The van der Waals surface area contributed by atoms with Crippen molar-refractivity contribution in [2.45, 2.75) is 26.1 Å². The Labute approximate surface area is 138 Å². The monoisotopic (exact) mass is 359 g/mol. The third-order valence-corrected chi connectivity index (χ3v) is 4.37. The molecule has 0 fully saturated rings. The van der Waals surface area contributed by atoms with Gasteiger partial charge in [-0.2, -0.15) is 13.2 Å². The molecule has 0 aromatic carbocycles. The number of aromatic carboxylic acids is 1. The summed E-state index contributed by atoms with van der Waals surface area (Å²) in [4.78, 5) is 30.4. The van der Waals surface area contributed by atoms with E-state index in [1.807, 2.05) is 0 Å². The third-order valence-electron chi connectivity index (χ3n) is 3.05. The van der Waals surface area contributed by atoms with E-state index in [0.29, 0.717) is 0 Å². The Balaban J connectivity index is 2.24. The molecule has 2 aromatic heterocycles. The fourth-order valence-electron chi connectivity index (χ4n) is 1.95. The van der Waals surface area contributed by atoms with E-state index in [1.165, 1.54) is 19.9 Å². The number of carboxylic acids is 1. The van der Waals surface area contributed by atoms with Gasteiger partial charge in [0, 0.05) is 6.20 Å². The Morgan fingerprint density at radius 3 is 2.58 bits per heavy atom. The maximum Gasteiger partial charge on any atom is 0.434 e. The molecule has 1 amide bonds. The lowest BCUT2D eigenvalue weighted by molar-refractivity contribution is -0.141. The van der Waals surface area contributed by atoms with Crippen LogP contribution >= 0.6 is 11.3 Å². The Hall–Kier alpha value is -2.49. The molecule has 10 heteroatoms. The van der Waals surface area contributed by atoms with Crippen molar-refractivity contribution in [1.82, 2.24) is 15.3 Å². The first kappa shape index (κ1) is 17.9. The molecule has 0 spiro atoms. The summed E-state index contributed by atoms with van der Waals surface area (Å²) < 4.78 is 38.7. The highest BCUT2D eigenvalue weighted by Crippen LogP contribution is 2.30. The molecule has 1 atom stereocenters. The SMILES string of the molecule is Cc1nc(C(C)NC(=O)c2cccnc2C(F)(F)F)sc1C(=O)O. The summed E-state index contributed by atoms with van der Waals surface area (Å²) in [5.41, 5.74) is -1.61. The first-order valence-electron chi connectivity index (χ1n) is 6.65. The molecule has 1 unspecified atom stereocenters. The van der Waals surface area contributed by atoms with E-state index in [9.17, 15) is 22.8 Å². The number of alkyl halides is 3. The minimum atomic E-state index is -4.76. The van der Waals surface area contributed by atoms with Gasteiger partial charge in [-0.25, -0.2) is 9.78 Å². The minimum Gasteiger partial charge on any atom is -0.477 e. The van der Waals surface area contributed by atoms with Crippen LogP contribution in [0.2, 0.25) is 0 Å². The first-order chi connectivity index (χ1) is 11.1. The Morgan fingerprint density at radius 2 is 2.04 bits per heavy atom. The van der Waals surface area contributed by atoms with Crippen molar-refractivity contribution in [3.63, 3.8) is 0 Å². The summed E-state index contributed by atoms with van der Waals surface area (Å²) in [6.45, 7) is 3.01. The van der Waals surface area contributed by atoms with E-state index < -0.39 is 35.4 Å². The number of aryl methyl sites for hydroxylation is 1. The van der Waals surface area contributed by atoms with Crippen LogP contribution in [0.25, 0.3) is 0 Å². The number of carbonyl (C=O) groups is 2. The van der Waals surface area contributed by atoms with Crippen LogP contribution in [0.15, 0.2) is 18.3 Å². The molecule has 24 heavy (non-hydrogen) atoms. The molecule has 128 valence electrons. The second kappa shape index (κ2) is 6.56. The van der Waals surface area contributed by atoms with Gasteiger partial charge in [0.15, 0.2) is 5.69 Å². The third kappa shape index (κ3) is 3.70. The molecular weight excluding hydrogens is 347 g/mol. The second-order valence-corrected chi connectivity index (χ2v) is 5.89. The van der Waals surface area contributed by atoms with Crippen LogP contribution in [0.3, 0.4) is 0 Å². The average Bonchev–Trinajstić information content (AvgIpc) is 2.88. The van der Waals surface area contributed by atoms with E-state index in [2.05, 4.69) is 15.3 Å². The number of amides is 1. The summed E-state index contributed by atoms with van der Waals surface area (Å²) in [5, 5.41) is 11.7. The van der Waals surface area contributed by atoms with Crippen molar-refractivity contribution >= 4 is 23.2 Å². The summed E-state index contributed by atoms with van der Waals surface area (Å²) in [6, 6.07) is 1.49. The molecule has 0 bridgehead atoms. The van der Waals surface area contributed by atoms with Gasteiger partial charge in [-0.3, -0.25) is 9.78 Å². The number of pyridine rings is 1. The quantitative estimate of drug-likeness (QED) is 0.875. The Kier molecular flexibility index (Phi) is 4.88. The number of carbonyl (C=O) groups excluding carboxylic acids is 1. The predicted octanol–water partition coefficient (Wildman–Crippen LogP) is 3.05. The van der Waals surface area contributed by atoms with Crippen LogP contribution in [-0.4, -0.2) is 27.0 Å². The number of hydrogen-bond donors (Lipinski definition) is 2. The molecular formula is C14H12F3N3O3S. The average molecular weight is 359 g/mol. The molecule has 0 saturated heterocycles. The highest BCUT2D eigenvalue weighted by Gasteiger charge is 2.37. The molecule has 2 rings (SSSR count). The Morgan fingerprint density at radius 1 is 1.38 bits per heavy atom. The van der Waals surface area contributed by atoms with Gasteiger partial charge in [0.05, 0.1) is 17.3 Å². The summed E-state index contributed by atoms with van der Waals surface area (Å²) in [7, 11) is 0. The van der Waals surface area contributed by atoms with Crippen LogP contribution < -0.4 is 5.32 Å². The van der Waals surface area contributed by atoms with Crippen molar-refractivity contribution in [3.05, 3.63) is 45.2 Å². The van der Waals surface area contributed by atoms with E-state index in [1.54, 1.807) is 0 Å². The van der Waals surface area contributed by atoms with Crippen LogP contribution in [0.1, 0.15) is 49.4 Å². The fourth-order valence-corrected chi connectivity index (χ4v) is 2.86. The van der Waals surface area contributed by atoms with Crippen LogP contribution in [-0.2, 0) is 6.18 Å². The largest absolute Gasteiger partial charge is 0.477 e. The van der Waals surface area contributed by atoms with E-state index in [0.717, 1.165) is 23.6 Å². The topological polar surface area (TPSA) is 92.2 Å². The molecule has 2 N–H and O–H groups in total. The number of nitrogens with one attached hydrogen (secondary N) is 1. The van der Waals surface area contributed by atoms with Gasteiger partial charge in [-0.05, 0) is 26.0 Å². The number of hydrogen-bond acceptors (Lipinski definition) is 5. The normalized spacial score (nSPS) is 12.7. The number of nitrogens with zero attached hydrogens (tertiary/aromatic N) is 2. The van der Waals surface area contributed by atoms with Gasteiger partial charge in [-0.15, -0.1) is 11.3 Å². The van der Waals surface area contributed by atoms with Gasteiger partial charge in [0.2, 0.25) is 0 Å². The summed E-state index contributed by atoms with van der Waals surface area (Å²) in [6.07, 6.45) is -3.81. The van der Waals surface area contributed by atoms with Gasteiger partial charge < -0.3 is 10.4 Å². The number of halogens is 3. The lowest BCUT2D eigenvalue weighted by Crippen LogP contribution is -2.29. The van der Waals surface area contributed by atoms with E-state index in [-0.39, 0.29) is 15.6 Å².